The van der Waals surface area contributed by atoms with Crippen LogP contribution in [0.3, 0.4) is 0 Å². The van der Waals surface area contributed by atoms with Crippen LogP contribution >= 0.6 is 0 Å². The Hall–Kier alpha value is -3.42. The highest BCUT2D eigenvalue weighted by atomic mass is 16.6. The summed E-state index contributed by atoms with van der Waals surface area (Å²) >= 11 is 0. The number of aryl methyl sites for hydroxylation is 1. The Morgan fingerprint density at radius 2 is 1.86 bits per heavy atom. The molecule has 28 heavy (non-hydrogen) atoms. The van der Waals surface area contributed by atoms with Crippen molar-refractivity contribution in [3.05, 3.63) is 63.7 Å². The lowest BCUT2D eigenvalue weighted by Gasteiger charge is -2.09. The van der Waals surface area contributed by atoms with E-state index in [2.05, 4.69) is 5.32 Å². The van der Waals surface area contributed by atoms with Crippen molar-refractivity contribution in [1.82, 2.24) is 0 Å². The maximum Gasteiger partial charge on any atom is 0.338 e. The number of esters is 1. The monoisotopic (exact) mass is 386 g/mol. The van der Waals surface area contributed by atoms with Gasteiger partial charge in [0.25, 0.3) is 11.6 Å². The fourth-order valence-electron chi connectivity index (χ4n) is 2.35. The third-order valence-corrected chi connectivity index (χ3v) is 3.87. The fraction of sp³-hybridized carbons (Fsp3) is 0.300. The standard InChI is InChI=1S/C20H22N2O6/c1-3-4-11-27-20(24)15-5-7-16(8-6-15)21-19(23)13-28-17-9-10-18(22(25)26)14(2)12-17/h5-10,12H,3-4,11,13H2,1-2H3,(H,21,23). The predicted octanol–water partition coefficient (Wildman–Crippen LogP) is 3.88. The van der Waals surface area contributed by atoms with Crippen molar-refractivity contribution < 1.29 is 24.0 Å². The van der Waals surface area contributed by atoms with Gasteiger partial charge in [0.2, 0.25) is 0 Å². The van der Waals surface area contributed by atoms with Crippen molar-refractivity contribution in [3.8, 4) is 5.75 Å². The Bertz CT molecular complexity index is 848. The number of rotatable bonds is 9. The van der Waals surface area contributed by atoms with E-state index in [1.165, 1.54) is 18.2 Å². The van der Waals surface area contributed by atoms with Gasteiger partial charge in [0.1, 0.15) is 5.75 Å². The first kappa shape index (κ1) is 20.9. The van der Waals surface area contributed by atoms with Gasteiger partial charge in [-0.25, -0.2) is 4.79 Å². The van der Waals surface area contributed by atoms with E-state index in [0.717, 1.165) is 12.8 Å². The minimum atomic E-state index is -0.477. The first-order valence-corrected chi connectivity index (χ1v) is 8.85. The molecule has 0 spiro atoms. The summed E-state index contributed by atoms with van der Waals surface area (Å²) in [6.45, 7) is 3.74. The van der Waals surface area contributed by atoms with Crippen molar-refractivity contribution >= 4 is 23.3 Å². The molecule has 1 N–H and O–H groups in total. The van der Waals surface area contributed by atoms with Gasteiger partial charge in [-0.05, 0) is 49.7 Å². The van der Waals surface area contributed by atoms with Gasteiger partial charge in [-0.2, -0.15) is 0 Å². The highest BCUT2D eigenvalue weighted by molar-refractivity contribution is 5.93. The van der Waals surface area contributed by atoms with Gasteiger partial charge in [0.05, 0.1) is 17.1 Å². The number of carbonyl (C=O) groups is 2. The fourth-order valence-corrected chi connectivity index (χ4v) is 2.35. The van der Waals surface area contributed by atoms with Crippen LogP contribution in [0.5, 0.6) is 5.75 Å². The molecule has 0 radical (unpaired) electrons. The number of nitrogens with zero attached hydrogens (tertiary/aromatic N) is 1. The largest absolute Gasteiger partial charge is 0.484 e. The number of nitro groups is 1. The number of nitrogens with one attached hydrogen (secondary N) is 1. The molecule has 0 aliphatic heterocycles. The van der Waals surface area contributed by atoms with Crippen LogP contribution in [0.15, 0.2) is 42.5 Å². The molecule has 0 bridgehead atoms. The van der Waals surface area contributed by atoms with Gasteiger partial charge in [-0.15, -0.1) is 0 Å². The predicted molar refractivity (Wildman–Crippen MR) is 104 cm³/mol. The van der Waals surface area contributed by atoms with Crippen LogP contribution in [0.2, 0.25) is 0 Å². The van der Waals surface area contributed by atoms with Crippen LogP contribution in [0.25, 0.3) is 0 Å². The number of unbranched alkanes of at least 4 members (excludes halogenated alkanes) is 1. The topological polar surface area (TPSA) is 108 Å². The summed E-state index contributed by atoms with van der Waals surface area (Å²) in [5.74, 6) is -0.430. The normalized spacial score (nSPS) is 10.2. The van der Waals surface area contributed by atoms with Crippen LogP contribution < -0.4 is 10.1 Å². The highest BCUT2D eigenvalue weighted by Gasteiger charge is 2.12. The summed E-state index contributed by atoms with van der Waals surface area (Å²) in [6, 6.07) is 10.6. The van der Waals surface area contributed by atoms with Crippen molar-refractivity contribution in [2.45, 2.75) is 26.7 Å². The summed E-state index contributed by atoms with van der Waals surface area (Å²) in [5, 5.41) is 13.5. The van der Waals surface area contributed by atoms with E-state index < -0.39 is 16.8 Å². The second-order valence-electron chi connectivity index (χ2n) is 6.11. The van der Waals surface area contributed by atoms with Gasteiger partial charge in [0.15, 0.2) is 6.61 Å². The molecule has 0 saturated heterocycles. The lowest BCUT2D eigenvalue weighted by atomic mass is 10.2. The van der Waals surface area contributed by atoms with Crippen molar-refractivity contribution in [3.63, 3.8) is 0 Å². The minimum Gasteiger partial charge on any atom is -0.484 e. The molecule has 0 fully saturated rings. The Morgan fingerprint density at radius 1 is 1.14 bits per heavy atom. The molecule has 2 rings (SSSR count). The van der Waals surface area contributed by atoms with E-state index >= 15 is 0 Å². The van der Waals surface area contributed by atoms with Crippen LogP contribution in [-0.2, 0) is 9.53 Å². The second-order valence-corrected chi connectivity index (χ2v) is 6.11. The molecule has 148 valence electrons. The third-order valence-electron chi connectivity index (χ3n) is 3.87. The third kappa shape index (κ3) is 6.08. The molecule has 1 amide bonds. The van der Waals surface area contributed by atoms with Crippen LogP contribution in [-0.4, -0.2) is 30.0 Å². The molecular formula is C20H22N2O6. The van der Waals surface area contributed by atoms with E-state index in [1.807, 2.05) is 6.92 Å². The molecule has 0 saturated carbocycles. The minimum absolute atomic E-state index is 0.00916. The van der Waals surface area contributed by atoms with E-state index in [0.29, 0.717) is 29.2 Å². The molecule has 0 heterocycles. The molecule has 0 aliphatic rings. The maximum atomic E-state index is 12.0. The summed E-state index contributed by atoms with van der Waals surface area (Å²) in [7, 11) is 0. The molecule has 0 aromatic heterocycles. The lowest BCUT2D eigenvalue weighted by molar-refractivity contribution is -0.385. The quantitative estimate of drug-likeness (QED) is 0.303. The molecule has 0 unspecified atom stereocenters. The number of hydrogen-bond donors (Lipinski definition) is 1. The van der Waals surface area contributed by atoms with Crippen molar-refractivity contribution in [2.24, 2.45) is 0 Å². The van der Waals surface area contributed by atoms with E-state index in [9.17, 15) is 19.7 Å². The van der Waals surface area contributed by atoms with Gasteiger partial charge in [-0.3, -0.25) is 14.9 Å². The second kappa shape index (κ2) is 10.1. The molecule has 2 aromatic carbocycles. The number of nitro benzene ring substituents is 1. The maximum absolute atomic E-state index is 12.0. The Morgan fingerprint density at radius 3 is 2.46 bits per heavy atom. The summed E-state index contributed by atoms with van der Waals surface area (Å²) in [6.07, 6.45) is 1.76. The van der Waals surface area contributed by atoms with Crippen LogP contribution in [0, 0.1) is 17.0 Å². The SMILES string of the molecule is CCCCOC(=O)c1ccc(NC(=O)COc2ccc([N+](=O)[O-])c(C)c2)cc1. The highest BCUT2D eigenvalue weighted by Crippen LogP contribution is 2.23. The smallest absolute Gasteiger partial charge is 0.338 e. The summed E-state index contributed by atoms with van der Waals surface area (Å²) in [5.41, 5.74) is 1.36. The van der Waals surface area contributed by atoms with Gasteiger partial charge < -0.3 is 14.8 Å². The number of anilines is 1. The Kier molecular flexibility index (Phi) is 7.50. The van der Waals surface area contributed by atoms with E-state index in [4.69, 9.17) is 9.47 Å². The van der Waals surface area contributed by atoms with E-state index in [1.54, 1.807) is 31.2 Å². The van der Waals surface area contributed by atoms with Crippen molar-refractivity contribution in [2.75, 3.05) is 18.5 Å². The average molecular weight is 386 g/mol. The molecule has 0 atom stereocenters. The van der Waals surface area contributed by atoms with Gasteiger partial charge in [0, 0.05) is 17.3 Å². The number of hydrogen-bond acceptors (Lipinski definition) is 6. The molecule has 0 aliphatic carbocycles. The van der Waals surface area contributed by atoms with E-state index in [-0.39, 0.29) is 12.3 Å². The Labute approximate surface area is 162 Å². The molecule has 8 nitrogen and oxygen atoms in total. The average Bonchev–Trinajstić information content (AvgIpc) is 2.67. The van der Waals surface area contributed by atoms with Crippen LogP contribution in [0.4, 0.5) is 11.4 Å². The summed E-state index contributed by atoms with van der Waals surface area (Å²) in [4.78, 5) is 34.2. The molecular weight excluding hydrogens is 364 g/mol. The number of amides is 1. The first-order valence-electron chi connectivity index (χ1n) is 8.85. The zero-order valence-electron chi connectivity index (χ0n) is 15.8. The lowest BCUT2D eigenvalue weighted by Crippen LogP contribution is -2.20. The van der Waals surface area contributed by atoms with Gasteiger partial charge in [-0.1, -0.05) is 13.3 Å². The Balaban J connectivity index is 1.85. The first-order chi connectivity index (χ1) is 13.4. The van der Waals surface area contributed by atoms with Crippen molar-refractivity contribution in [1.29, 1.82) is 0 Å². The zero-order chi connectivity index (χ0) is 20.5. The molecule has 8 heteroatoms. The van der Waals surface area contributed by atoms with Crippen LogP contribution in [0.1, 0.15) is 35.7 Å². The molecule has 2 aromatic rings. The summed E-state index contributed by atoms with van der Waals surface area (Å²) < 4.78 is 10.5. The number of ether oxygens (including phenoxy) is 2. The number of carbonyl (C=O) groups excluding carboxylic acids is 2. The van der Waals surface area contributed by atoms with Gasteiger partial charge >= 0.3 is 5.97 Å². The zero-order valence-corrected chi connectivity index (χ0v) is 15.8. The number of benzene rings is 2.